The highest BCUT2D eigenvalue weighted by Gasteiger charge is 2.14. The van der Waals surface area contributed by atoms with Crippen molar-refractivity contribution in [2.24, 2.45) is 0 Å². The van der Waals surface area contributed by atoms with E-state index in [1.165, 1.54) is 24.4 Å². The number of hydrogen-bond acceptors (Lipinski definition) is 5. The summed E-state index contributed by atoms with van der Waals surface area (Å²) in [5.41, 5.74) is 2.17. The molecule has 3 aromatic rings. The smallest absolute Gasteiger partial charge is 0.213 e. The van der Waals surface area contributed by atoms with Gasteiger partial charge in [0.05, 0.1) is 18.1 Å². The molecule has 0 unspecified atom stereocenters. The van der Waals surface area contributed by atoms with E-state index < -0.39 is 11.8 Å². The van der Waals surface area contributed by atoms with Gasteiger partial charge in [-0.3, -0.25) is 9.78 Å². The van der Waals surface area contributed by atoms with Crippen molar-refractivity contribution in [2.75, 3.05) is 5.32 Å². The lowest BCUT2D eigenvalue weighted by Crippen LogP contribution is -2.09. The van der Waals surface area contributed by atoms with E-state index in [0.29, 0.717) is 28.2 Å². The quantitative estimate of drug-likeness (QED) is 0.567. The summed E-state index contributed by atoms with van der Waals surface area (Å²) in [6, 6.07) is 5.70. The maximum Gasteiger partial charge on any atom is 0.213 e. The second-order valence-electron chi connectivity index (χ2n) is 5.44. The molecule has 0 atom stereocenters. The minimum atomic E-state index is -0.622. The second-order valence-corrected chi connectivity index (χ2v) is 5.44. The van der Waals surface area contributed by atoms with Crippen LogP contribution in [0.3, 0.4) is 0 Å². The largest absolute Gasteiger partial charge is 0.339 e. The van der Waals surface area contributed by atoms with Crippen LogP contribution in [-0.2, 0) is 6.42 Å². The minimum absolute atomic E-state index is 0.0835. The Morgan fingerprint density at radius 2 is 1.96 bits per heavy atom. The molecule has 3 heterocycles. The minimum Gasteiger partial charge on any atom is -0.339 e. The van der Waals surface area contributed by atoms with Gasteiger partial charge in [-0.15, -0.1) is 0 Å². The standard InChI is InChI=1S/C18H14F2N4O/c1-11-6-17(20)22-9-14(11)16(25)7-12-4-5-21-10-15(12)24-18-3-2-13(19)8-23-18/h2-6,8-10H,7H2,1H3,(H,23,24). The summed E-state index contributed by atoms with van der Waals surface area (Å²) < 4.78 is 26.0. The molecule has 0 aliphatic rings. The Morgan fingerprint density at radius 1 is 1.12 bits per heavy atom. The monoisotopic (exact) mass is 340 g/mol. The van der Waals surface area contributed by atoms with Gasteiger partial charge in [0.25, 0.3) is 0 Å². The number of ketones is 1. The molecular weight excluding hydrogens is 326 g/mol. The van der Waals surface area contributed by atoms with E-state index >= 15 is 0 Å². The highest BCUT2D eigenvalue weighted by atomic mass is 19.1. The van der Waals surface area contributed by atoms with Crippen molar-refractivity contribution in [1.82, 2.24) is 15.0 Å². The Morgan fingerprint density at radius 3 is 2.68 bits per heavy atom. The number of carbonyl (C=O) groups excluding carboxylic acids is 1. The van der Waals surface area contributed by atoms with Crippen LogP contribution in [0.2, 0.25) is 0 Å². The molecule has 0 saturated heterocycles. The van der Waals surface area contributed by atoms with Crippen molar-refractivity contribution in [1.29, 1.82) is 0 Å². The summed E-state index contributed by atoms with van der Waals surface area (Å²) in [5, 5.41) is 3.01. The zero-order valence-corrected chi connectivity index (χ0v) is 13.3. The third kappa shape index (κ3) is 4.00. The fourth-order valence-corrected chi connectivity index (χ4v) is 2.36. The Bertz CT molecular complexity index is 913. The van der Waals surface area contributed by atoms with E-state index in [-0.39, 0.29) is 12.2 Å². The predicted molar refractivity (Wildman–Crippen MR) is 88.7 cm³/mol. The molecule has 0 bridgehead atoms. The van der Waals surface area contributed by atoms with Crippen LogP contribution in [-0.4, -0.2) is 20.7 Å². The van der Waals surface area contributed by atoms with Gasteiger partial charge in [0, 0.05) is 24.4 Å². The van der Waals surface area contributed by atoms with Gasteiger partial charge < -0.3 is 5.32 Å². The normalized spacial score (nSPS) is 10.5. The molecule has 25 heavy (non-hydrogen) atoms. The summed E-state index contributed by atoms with van der Waals surface area (Å²) in [6.07, 6.45) is 5.55. The topological polar surface area (TPSA) is 67.8 Å². The second kappa shape index (κ2) is 7.12. The molecule has 0 radical (unpaired) electrons. The lowest BCUT2D eigenvalue weighted by Gasteiger charge is -2.11. The van der Waals surface area contributed by atoms with E-state index in [9.17, 15) is 13.6 Å². The number of aryl methyl sites for hydroxylation is 1. The van der Waals surface area contributed by atoms with E-state index in [2.05, 4.69) is 20.3 Å². The Kier molecular flexibility index (Phi) is 4.74. The first-order valence-electron chi connectivity index (χ1n) is 7.50. The van der Waals surface area contributed by atoms with E-state index in [1.54, 1.807) is 25.4 Å². The van der Waals surface area contributed by atoms with Crippen LogP contribution in [0.25, 0.3) is 0 Å². The van der Waals surface area contributed by atoms with Crippen molar-refractivity contribution < 1.29 is 13.6 Å². The molecule has 126 valence electrons. The number of halogens is 2. The van der Waals surface area contributed by atoms with Crippen molar-refractivity contribution in [2.45, 2.75) is 13.3 Å². The van der Waals surface area contributed by atoms with Gasteiger partial charge in [-0.05, 0) is 42.3 Å². The number of rotatable bonds is 5. The molecule has 0 aromatic carbocycles. The number of nitrogens with one attached hydrogen (secondary N) is 1. The summed E-state index contributed by atoms with van der Waals surface area (Å²) >= 11 is 0. The molecule has 0 aliphatic carbocycles. The Labute approximate surface area is 142 Å². The van der Waals surface area contributed by atoms with Crippen LogP contribution < -0.4 is 5.32 Å². The molecule has 0 spiro atoms. The molecule has 1 N–H and O–H groups in total. The van der Waals surface area contributed by atoms with Gasteiger partial charge >= 0.3 is 0 Å². The first-order chi connectivity index (χ1) is 12.0. The van der Waals surface area contributed by atoms with E-state index in [1.807, 2.05) is 0 Å². The van der Waals surface area contributed by atoms with Gasteiger partial charge in [-0.1, -0.05) is 0 Å². The number of Topliss-reactive ketones (excluding diaryl/α,β-unsaturated/α-hetero) is 1. The van der Waals surface area contributed by atoms with Crippen molar-refractivity contribution >= 4 is 17.3 Å². The van der Waals surface area contributed by atoms with Crippen LogP contribution in [0.15, 0.2) is 49.1 Å². The fourth-order valence-electron chi connectivity index (χ4n) is 2.36. The van der Waals surface area contributed by atoms with E-state index in [4.69, 9.17) is 0 Å². The molecule has 0 fully saturated rings. The van der Waals surface area contributed by atoms with Crippen LogP contribution >= 0.6 is 0 Å². The molecule has 3 aromatic heterocycles. The van der Waals surface area contributed by atoms with Crippen molar-refractivity contribution in [3.63, 3.8) is 0 Å². The third-order valence-electron chi connectivity index (χ3n) is 3.63. The number of carbonyl (C=O) groups is 1. The number of hydrogen-bond donors (Lipinski definition) is 1. The SMILES string of the molecule is Cc1cc(F)ncc1C(=O)Cc1ccncc1Nc1ccc(F)cn1. The average Bonchev–Trinajstić information content (AvgIpc) is 2.58. The summed E-state index contributed by atoms with van der Waals surface area (Å²) in [4.78, 5) is 24.0. The van der Waals surface area contributed by atoms with Crippen LogP contribution in [0, 0.1) is 18.7 Å². The zero-order chi connectivity index (χ0) is 17.8. The third-order valence-corrected chi connectivity index (χ3v) is 3.63. The lowest BCUT2D eigenvalue weighted by atomic mass is 10.0. The highest BCUT2D eigenvalue weighted by Crippen LogP contribution is 2.21. The lowest BCUT2D eigenvalue weighted by molar-refractivity contribution is 0.0992. The number of nitrogens with zero attached hydrogens (tertiary/aromatic N) is 3. The Hall–Kier alpha value is -3.22. The number of aromatic nitrogens is 3. The van der Waals surface area contributed by atoms with Crippen LogP contribution in [0.1, 0.15) is 21.5 Å². The molecule has 0 saturated carbocycles. The predicted octanol–water partition coefficient (Wildman–Crippen LogP) is 3.63. The van der Waals surface area contributed by atoms with E-state index in [0.717, 1.165) is 6.20 Å². The number of anilines is 2. The average molecular weight is 340 g/mol. The first-order valence-corrected chi connectivity index (χ1v) is 7.50. The van der Waals surface area contributed by atoms with Crippen molar-refractivity contribution in [3.05, 3.63) is 77.5 Å². The van der Waals surface area contributed by atoms with Crippen molar-refractivity contribution in [3.8, 4) is 0 Å². The Balaban J connectivity index is 1.83. The molecular formula is C18H14F2N4O. The van der Waals surface area contributed by atoms with Gasteiger partial charge in [-0.2, -0.15) is 4.39 Å². The maximum atomic E-state index is 13.1. The maximum absolute atomic E-state index is 13.1. The summed E-state index contributed by atoms with van der Waals surface area (Å²) in [5.74, 6) is -0.817. The summed E-state index contributed by atoms with van der Waals surface area (Å²) in [7, 11) is 0. The van der Waals surface area contributed by atoms with Crippen LogP contribution in [0.4, 0.5) is 20.3 Å². The molecule has 5 nitrogen and oxygen atoms in total. The van der Waals surface area contributed by atoms with Gasteiger partial charge in [0.2, 0.25) is 5.95 Å². The molecule has 0 aliphatic heterocycles. The molecule has 7 heteroatoms. The van der Waals surface area contributed by atoms with Gasteiger partial charge in [0.1, 0.15) is 11.6 Å². The summed E-state index contributed by atoms with van der Waals surface area (Å²) in [6.45, 7) is 1.66. The number of pyridine rings is 3. The zero-order valence-electron chi connectivity index (χ0n) is 13.3. The van der Waals surface area contributed by atoms with Gasteiger partial charge in [-0.25, -0.2) is 14.4 Å². The molecule has 3 rings (SSSR count). The van der Waals surface area contributed by atoms with Gasteiger partial charge in [0.15, 0.2) is 5.78 Å². The highest BCUT2D eigenvalue weighted by molar-refractivity contribution is 5.99. The fraction of sp³-hybridized carbons (Fsp3) is 0.111. The van der Waals surface area contributed by atoms with Crippen LogP contribution in [0.5, 0.6) is 0 Å². The molecule has 0 amide bonds. The first kappa shape index (κ1) is 16.6.